The van der Waals surface area contributed by atoms with Crippen molar-refractivity contribution in [1.82, 2.24) is 19.8 Å². The number of aromatic nitrogens is 4. The first-order valence-electron chi connectivity index (χ1n) is 9.08. The van der Waals surface area contributed by atoms with Crippen molar-refractivity contribution in [3.8, 4) is 11.4 Å². The summed E-state index contributed by atoms with van der Waals surface area (Å²) in [5, 5.41) is 11.5. The van der Waals surface area contributed by atoms with Crippen LogP contribution < -0.4 is 16.0 Å². The first-order valence-corrected chi connectivity index (χ1v) is 10.4. The van der Waals surface area contributed by atoms with E-state index in [4.69, 9.17) is 0 Å². The van der Waals surface area contributed by atoms with Gasteiger partial charge in [-0.1, -0.05) is 78.0 Å². The van der Waals surface area contributed by atoms with Crippen LogP contribution in [0.2, 0.25) is 0 Å². The van der Waals surface area contributed by atoms with Crippen LogP contribution in [-0.2, 0) is 0 Å². The van der Waals surface area contributed by atoms with Crippen LogP contribution in [0.15, 0.2) is 103 Å². The Balaban J connectivity index is 1.73. The molecule has 0 N–H and O–H groups in total. The molecule has 0 bridgehead atoms. The van der Waals surface area contributed by atoms with Gasteiger partial charge in [0.15, 0.2) is 0 Å². The normalized spacial score (nSPS) is 11.2. The molecule has 0 saturated carbocycles. The van der Waals surface area contributed by atoms with Gasteiger partial charge < -0.3 is 0 Å². The van der Waals surface area contributed by atoms with Crippen LogP contribution in [0, 0.1) is 0 Å². The molecule has 5 rings (SSSR count). The Morgan fingerprint density at radius 1 is 0.643 bits per heavy atom. The van der Waals surface area contributed by atoms with Gasteiger partial charge in [-0.25, -0.2) is 4.52 Å². The highest BCUT2D eigenvalue weighted by atomic mass is 31.1. The molecule has 28 heavy (non-hydrogen) atoms. The van der Waals surface area contributed by atoms with E-state index in [2.05, 4.69) is 94.2 Å². The summed E-state index contributed by atoms with van der Waals surface area (Å²) in [4.78, 5) is 4.45. The Morgan fingerprint density at radius 3 is 1.96 bits per heavy atom. The lowest BCUT2D eigenvalue weighted by atomic mass is 10.2. The van der Waals surface area contributed by atoms with E-state index >= 15 is 0 Å². The molecule has 0 atom stereocenters. The standard InChI is InChI=1S/C23H17N4P/c1-3-10-18(11-4-1)28(19-12-5-2-6-13-19)22-16-9-15-21-23(25-26-27(21)22)20-14-7-8-17-24-20/h1-17H. The highest BCUT2D eigenvalue weighted by molar-refractivity contribution is 7.79. The van der Waals surface area contributed by atoms with E-state index < -0.39 is 7.92 Å². The molecule has 134 valence electrons. The Kier molecular flexibility index (Phi) is 4.40. The van der Waals surface area contributed by atoms with E-state index in [1.807, 2.05) is 22.7 Å². The predicted octanol–water partition coefficient (Wildman–Crippen LogP) is 3.55. The molecule has 0 aliphatic heterocycles. The summed E-state index contributed by atoms with van der Waals surface area (Å²) < 4.78 is 1.97. The fourth-order valence-electron chi connectivity index (χ4n) is 3.33. The van der Waals surface area contributed by atoms with Crippen molar-refractivity contribution in [3.63, 3.8) is 0 Å². The summed E-state index contributed by atoms with van der Waals surface area (Å²) in [7, 11) is -0.761. The van der Waals surface area contributed by atoms with E-state index in [0.717, 1.165) is 22.3 Å². The average Bonchev–Trinajstić information content (AvgIpc) is 3.21. The van der Waals surface area contributed by atoms with Gasteiger partial charge >= 0.3 is 0 Å². The Bertz CT molecular complexity index is 1170. The van der Waals surface area contributed by atoms with Crippen LogP contribution in [-0.4, -0.2) is 19.8 Å². The SMILES string of the molecule is c1ccc(P(c2ccccc2)c2cccc3c(-c4ccccn4)nnn23)cc1. The smallest absolute Gasteiger partial charge is 0.139 e. The van der Waals surface area contributed by atoms with Gasteiger partial charge in [0, 0.05) is 14.1 Å². The lowest BCUT2D eigenvalue weighted by molar-refractivity contribution is 0.876. The quantitative estimate of drug-likeness (QED) is 0.448. The van der Waals surface area contributed by atoms with Crippen LogP contribution in [0.5, 0.6) is 0 Å². The summed E-state index contributed by atoms with van der Waals surface area (Å²) in [6, 6.07) is 33.4. The minimum Gasteiger partial charge on any atom is -0.254 e. The van der Waals surface area contributed by atoms with Crippen LogP contribution >= 0.6 is 7.92 Å². The fraction of sp³-hybridized carbons (Fsp3) is 0. The third-order valence-corrected chi connectivity index (χ3v) is 7.01. The first-order chi connectivity index (χ1) is 13.9. The van der Waals surface area contributed by atoms with Crippen molar-refractivity contribution in [2.24, 2.45) is 0 Å². The number of rotatable bonds is 4. The average molecular weight is 380 g/mol. The molecule has 0 fully saturated rings. The summed E-state index contributed by atoms with van der Waals surface area (Å²) in [6.45, 7) is 0. The number of hydrogen-bond acceptors (Lipinski definition) is 3. The molecule has 0 unspecified atom stereocenters. The summed E-state index contributed by atoms with van der Waals surface area (Å²) >= 11 is 0. The van der Waals surface area contributed by atoms with Gasteiger partial charge in [0.1, 0.15) is 5.69 Å². The van der Waals surface area contributed by atoms with Gasteiger partial charge in [0.25, 0.3) is 0 Å². The second-order valence-corrected chi connectivity index (χ2v) is 8.50. The third kappa shape index (κ3) is 2.98. The highest BCUT2D eigenvalue weighted by Crippen LogP contribution is 2.33. The molecule has 0 spiro atoms. The predicted molar refractivity (Wildman–Crippen MR) is 115 cm³/mol. The summed E-state index contributed by atoms with van der Waals surface area (Å²) in [5.41, 5.74) is 3.74. The molecule has 0 aliphatic carbocycles. The number of hydrogen-bond donors (Lipinski definition) is 0. The minimum atomic E-state index is -0.761. The Morgan fingerprint density at radius 2 is 1.32 bits per heavy atom. The second kappa shape index (κ2) is 7.34. The van der Waals surface area contributed by atoms with Gasteiger partial charge in [0.2, 0.25) is 0 Å². The summed E-state index contributed by atoms with van der Waals surface area (Å²) in [5.74, 6) is 0. The largest absolute Gasteiger partial charge is 0.254 e. The fourth-order valence-corrected chi connectivity index (χ4v) is 5.67. The lowest BCUT2D eigenvalue weighted by Gasteiger charge is -2.19. The topological polar surface area (TPSA) is 43.1 Å². The number of pyridine rings is 2. The zero-order valence-electron chi connectivity index (χ0n) is 15.1. The molecule has 0 radical (unpaired) electrons. The van der Waals surface area contributed by atoms with Crippen molar-refractivity contribution in [2.75, 3.05) is 0 Å². The molecule has 0 amide bonds. The molecule has 5 aromatic rings. The Hall–Kier alpha value is -3.36. The maximum atomic E-state index is 4.51. The molecule has 2 aromatic carbocycles. The van der Waals surface area contributed by atoms with Crippen LogP contribution in [0.3, 0.4) is 0 Å². The van der Waals surface area contributed by atoms with E-state index in [9.17, 15) is 0 Å². The Labute approximate surface area is 164 Å². The van der Waals surface area contributed by atoms with Crippen molar-refractivity contribution < 1.29 is 0 Å². The van der Waals surface area contributed by atoms with Crippen LogP contribution in [0.25, 0.3) is 16.9 Å². The summed E-state index contributed by atoms with van der Waals surface area (Å²) in [6.07, 6.45) is 1.78. The molecular formula is C23H17N4P. The lowest BCUT2D eigenvalue weighted by Crippen LogP contribution is -2.25. The van der Waals surface area contributed by atoms with E-state index in [1.165, 1.54) is 10.6 Å². The number of fused-ring (bicyclic) bond motifs is 1. The van der Waals surface area contributed by atoms with Crippen molar-refractivity contribution in [1.29, 1.82) is 0 Å². The van der Waals surface area contributed by atoms with E-state index in [-0.39, 0.29) is 0 Å². The van der Waals surface area contributed by atoms with E-state index in [1.54, 1.807) is 6.20 Å². The van der Waals surface area contributed by atoms with Gasteiger partial charge in [-0.2, -0.15) is 0 Å². The van der Waals surface area contributed by atoms with Crippen LogP contribution in [0.4, 0.5) is 0 Å². The second-order valence-electron chi connectivity index (χ2n) is 6.34. The molecule has 5 heteroatoms. The van der Waals surface area contributed by atoms with E-state index in [0.29, 0.717) is 0 Å². The first kappa shape index (κ1) is 16.8. The maximum Gasteiger partial charge on any atom is 0.139 e. The molecule has 0 saturated heterocycles. The van der Waals surface area contributed by atoms with Crippen LogP contribution in [0.1, 0.15) is 0 Å². The minimum absolute atomic E-state index is 0.761. The monoisotopic (exact) mass is 380 g/mol. The molecule has 0 aliphatic rings. The molecule has 3 aromatic heterocycles. The third-order valence-electron chi connectivity index (χ3n) is 4.59. The zero-order valence-corrected chi connectivity index (χ0v) is 15.9. The van der Waals surface area contributed by atoms with Crippen molar-refractivity contribution in [2.45, 2.75) is 0 Å². The maximum absolute atomic E-state index is 4.51. The number of nitrogens with zero attached hydrogens (tertiary/aromatic N) is 4. The van der Waals surface area contributed by atoms with Crippen molar-refractivity contribution in [3.05, 3.63) is 103 Å². The van der Waals surface area contributed by atoms with Crippen molar-refractivity contribution >= 4 is 29.5 Å². The molecular weight excluding hydrogens is 363 g/mol. The van der Waals surface area contributed by atoms with Gasteiger partial charge in [-0.15, -0.1) is 5.10 Å². The van der Waals surface area contributed by atoms with Gasteiger partial charge in [-0.05, 0) is 34.9 Å². The van der Waals surface area contributed by atoms with Gasteiger partial charge in [-0.3, -0.25) is 4.98 Å². The van der Waals surface area contributed by atoms with Gasteiger partial charge in [0.05, 0.1) is 16.6 Å². The number of benzene rings is 2. The molecule has 4 nitrogen and oxygen atoms in total. The zero-order chi connectivity index (χ0) is 18.8. The highest BCUT2D eigenvalue weighted by Gasteiger charge is 2.21. The molecule has 3 heterocycles.